The summed E-state index contributed by atoms with van der Waals surface area (Å²) in [5.74, 6) is 0. The third-order valence-electron chi connectivity index (χ3n) is 2.00. The Morgan fingerprint density at radius 3 is 3.00 bits per heavy atom. The number of alkyl halides is 1. The van der Waals surface area contributed by atoms with Crippen molar-refractivity contribution in [1.82, 2.24) is 15.0 Å². The van der Waals surface area contributed by atoms with E-state index in [-0.39, 0.29) is 5.38 Å². The molecule has 1 heterocycles. The Morgan fingerprint density at radius 2 is 2.50 bits per heavy atom. The van der Waals surface area contributed by atoms with Gasteiger partial charge in [0.25, 0.3) is 0 Å². The van der Waals surface area contributed by atoms with E-state index in [0.29, 0.717) is 0 Å². The number of aryl methyl sites for hydroxylation is 1. The maximum Gasteiger partial charge on any atom is 0.108 e. The summed E-state index contributed by atoms with van der Waals surface area (Å²) in [6, 6.07) is 0. The number of aromatic nitrogens is 3. The predicted octanol–water partition coefficient (Wildman–Crippen LogP) is 1.60. The van der Waals surface area contributed by atoms with Crippen LogP contribution in [0, 0.1) is 0 Å². The summed E-state index contributed by atoms with van der Waals surface area (Å²) in [6.45, 7) is 0. The third kappa shape index (κ3) is 1.37. The molecule has 2 rings (SSSR count). The van der Waals surface area contributed by atoms with E-state index in [1.807, 2.05) is 13.2 Å². The minimum atomic E-state index is 0.182. The average Bonchev–Trinajstić information content (AvgIpc) is 2.58. The highest BCUT2D eigenvalue weighted by Gasteiger charge is 2.16. The summed E-state index contributed by atoms with van der Waals surface area (Å²) in [4.78, 5) is 0. The lowest BCUT2D eigenvalue weighted by atomic mass is 10.2. The molecule has 0 fully saturated rings. The Kier molecular flexibility index (Phi) is 1.89. The van der Waals surface area contributed by atoms with E-state index >= 15 is 0 Å². The second-order valence-corrected chi connectivity index (χ2v) is 3.58. The summed E-state index contributed by atoms with van der Waals surface area (Å²) in [6.07, 6.45) is 6.02. The molecule has 1 aliphatic rings. The molecule has 0 radical (unpaired) electrons. The highest BCUT2D eigenvalue weighted by molar-refractivity contribution is 6.22. The number of nitrogens with zero attached hydrogens (tertiary/aromatic N) is 3. The zero-order valence-electron chi connectivity index (χ0n) is 6.87. The molecule has 1 atom stereocenters. The van der Waals surface area contributed by atoms with Crippen molar-refractivity contribution in [3.05, 3.63) is 18.0 Å². The van der Waals surface area contributed by atoms with Crippen molar-refractivity contribution in [3.8, 4) is 0 Å². The van der Waals surface area contributed by atoms with Crippen LogP contribution in [0.4, 0.5) is 0 Å². The number of rotatable bonds is 1. The second-order valence-electron chi connectivity index (χ2n) is 3.02. The molecule has 64 valence electrons. The lowest BCUT2D eigenvalue weighted by Crippen LogP contribution is -1.85. The molecule has 4 heteroatoms. The second kappa shape index (κ2) is 2.90. The van der Waals surface area contributed by atoms with Gasteiger partial charge in [-0.25, -0.2) is 0 Å². The summed E-state index contributed by atoms with van der Waals surface area (Å²) >= 11 is 5.93. The van der Waals surface area contributed by atoms with Crippen LogP contribution in [0.5, 0.6) is 0 Å². The van der Waals surface area contributed by atoms with E-state index in [0.717, 1.165) is 18.5 Å². The molecule has 1 aromatic heterocycles. The first-order valence-electron chi connectivity index (χ1n) is 3.97. The lowest BCUT2D eigenvalue weighted by Gasteiger charge is -1.90. The molecule has 1 aliphatic carbocycles. The first kappa shape index (κ1) is 7.80. The van der Waals surface area contributed by atoms with Crippen LogP contribution in [0.25, 0.3) is 5.57 Å². The lowest BCUT2D eigenvalue weighted by molar-refractivity contribution is 0.714. The molecule has 12 heavy (non-hydrogen) atoms. The molecular weight excluding hydrogens is 174 g/mol. The maximum absolute atomic E-state index is 5.93. The third-order valence-corrected chi connectivity index (χ3v) is 2.35. The zero-order valence-corrected chi connectivity index (χ0v) is 7.62. The summed E-state index contributed by atoms with van der Waals surface area (Å²) < 4.78 is 1.71. The van der Waals surface area contributed by atoms with Crippen LogP contribution in [-0.2, 0) is 7.05 Å². The molecule has 0 bridgehead atoms. The SMILES string of the molecule is Cn1cc(C2=CC(Cl)CC2)nn1. The fourth-order valence-corrected chi connectivity index (χ4v) is 1.65. The standard InChI is InChI=1S/C8H10ClN3/c1-12-5-8(10-11-12)6-2-3-7(9)4-6/h4-5,7H,2-3H2,1H3. The van der Waals surface area contributed by atoms with Crippen LogP contribution in [0.2, 0.25) is 0 Å². The van der Waals surface area contributed by atoms with Gasteiger partial charge in [0.05, 0.1) is 11.6 Å². The van der Waals surface area contributed by atoms with Crippen LogP contribution in [-0.4, -0.2) is 20.4 Å². The van der Waals surface area contributed by atoms with Crippen molar-refractivity contribution >= 4 is 17.2 Å². The molecule has 1 unspecified atom stereocenters. The van der Waals surface area contributed by atoms with Crippen LogP contribution < -0.4 is 0 Å². The summed E-state index contributed by atoms with van der Waals surface area (Å²) in [5.41, 5.74) is 2.18. The molecular formula is C8H10ClN3. The molecule has 0 amide bonds. The molecule has 0 N–H and O–H groups in total. The average molecular weight is 184 g/mol. The van der Waals surface area contributed by atoms with Gasteiger partial charge in [0.15, 0.2) is 0 Å². The van der Waals surface area contributed by atoms with Crippen molar-refractivity contribution in [3.63, 3.8) is 0 Å². The molecule has 0 aromatic carbocycles. The normalized spacial score (nSPS) is 22.8. The first-order valence-corrected chi connectivity index (χ1v) is 4.41. The minimum absolute atomic E-state index is 0.182. The fourth-order valence-electron chi connectivity index (χ4n) is 1.39. The predicted molar refractivity (Wildman–Crippen MR) is 47.9 cm³/mol. The van der Waals surface area contributed by atoms with E-state index < -0.39 is 0 Å². The van der Waals surface area contributed by atoms with Crippen molar-refractivity contribution in [2.24, 2.45) is 7.05 Å². The summed E-state index contributed by atoms with van der Waals surface area (Å²) in [5, 5.41) is 8.07. The Balaban J connectivity index is 2.26. The van der Waals surface area contributed by atoms with Crippen molar-refractivity contribution < 1.29 is 0 Å². The smallest absolute Gasteiger partial charge is 0.108 e. The van der Waals surface area contributed by atoms with Gasteiger partial charge < -0.3 is 0 Å². The Morgan fingerprint density at radius 1 is 1.67 bits per heavy atom. The van der Waals surface area contributed by atoms with E-state index in [9.17, 15) is 0 Å². The highest BCUT2D eigenvalue weighted by atomic mass is 35.5. The fraction of sp³-hybridized carbons (Fsp3) is 0.500. The van der Waals surface area contributed by atoms with Gasteiger partial charge in [0.1, 0.15) is 5.69 Å². The number of allylic oxidation sites excluding steroid dienone is 2. The topological polar surface area (TPSA) is 30.7 Å². The van der Waals surface area contributed by atoms with Crippen LogP contribution in [0.3, 0.4) is 0 Å². The number of hydrogen-bond donors (Lipinski definition) is 0. The van der Waals surface area contributed by atoms with Gasteiger partial charge in [-0.05, 0) is 18.4 Å². The molecule has 0 saturated carbocycles. The highest BCUT2D eigenvalue weighted by Crippen LogP contribution is 2.28. The van der Waals surface area contributed by atoms with E-state index in [1.54, 1.807) is 4.68 Å². The van der Waals surface area contributed by atoms with Gasteiger partial charge in [-0.1, -0.05) is 11.3 Å². The van der Waals surface area contributed by atoms with Gasteiger partial charge in [-0.15, -0.1) is 16.7 Å². The van der Waals surface area contributed by atoms with Crippen molar-refractivity contribution in [2.75, 3.05) is 0 Å². The molecule has 0 saturated heterocycles. The maximum atomic E-state index is 5.93. The van der Waals surface area contributed by atoms with E-state index in [1.165, 1.54) is 5.57 Å². The Hall–Kier alpha value is -0.830. The number of hydrogen-bond acceptors (Lipinski definition) is 2. The van der Waals surface area contributed by atoms with E-state index in [2.05, 4.69) is 16.4 Å². The van der Waals surface area contributed by atoms with Crippen molar-refractivity contribution in [1.29, 1.82) is 0 Å². The quantitative estimate of drug-likeness (QED) is 0.620. The summed E-state index contributed by atoms with van der Waals surface area (Å²) in [7, 11) is 1.87. The Labute approximate surface area is 76.0 Å². The first-order chi connectivity index (χ1) is 5.75. The van der Waals surface area contributed by atoms with Gasteiger partial charge >= 0.3 is 0 Å². The monoisotopic (exact) mass is 183 g/mol. The number of halogens is 1. The van der Waals surface area contributed by atoms with Crippen LogP contribution >= 0.6 is 11.6 Å². The van der Waals surface area contributed by atoms with Gasteiger partial charge in [0, 0.05) is 7.05 Å². The Bertz CT molecular complexity index is 316. The van der Waals surface area contributed by atoms with Gasteiger partial charge in [0.2, 0.25) is 0 Å². The van der Waals surface area contributed by atoms with Crippen molar-refractivity contribution in [2.45, 2.75) is 18.2 Å². The van der Waals surface area contributed by atoms with Gasteiger partial charge in [-0.2, -0.15) is 0 Å². The van der Waals surface area contributed by atoms with Gasteiger partial charge in [-0.3, -0.25) is 4.68 Å². The molecule has 1 aromatic rings. The largest absolute Gasteiger partial charge is 0.255 e. The minimum Gasteiger partial charge on any atom is -0.255 e. The molecule has 3 nitrogen and oxygen atoms in total. The molecule has 0 spiro atoms. The molecule has 0 aliphatic heterocycles. The van der Waals surface area contributed by atoms with E-state index in [4.69, 9.17) is 11.6 Å². The van der Waals surface area contributed by atoms with Crippen LogP contribution in [0.15, 0.2) is 12.3 Å². The zero-order chi connectivity index (χ0) is 8.55. The van der Waals surface area contributed by atoms with Crippen LogP contribution in [0.1, 0.15) is 18.5 Å².